The molecular weight excluding hydrogens is 646 g/mol. The van der Waals surface area contributed by atoms with Crippen molar-refractivity contribution in [1.29, 1.82) is 0 Å². The number of alkyl halides is 6. The lowest BCUT2D eigenvalue weighted by atomic mass is 9.89. The molecule has 4 amide bonds. The number of anilines is 1. The van der Waals surface area contributed by atoms with Gasteiger partial charge >= 0.3 is 18.4 Å². The predicted octanol–water partition coefficient (Wildman–Crippen LogP) is 5.63. The van der Waals surface area contributed by atoms with Crippen LogP contribution in [-0.4, -0.2) is 82.9 Å². The van der Waals surface area contributed by atoms with Crippen LogP contribution < -0.4 is 15.0 Å². The molecule has 0 saturated carbocycles. The summed E-state index contributed by atoms with van der Waals surface area (Å²) in [7, 11) is 0. The Morgan fingerprint density at radius 1 is 1.02 bits per heavy atom. The Labute approximate surface area is 274 Å². The second-order valence-electron chi connectivity index (χ2n) is 12.8. The Balaban J connectivity index is 1.53. The number of nitrogens with one attached hydrogen (secondary N) is 1. The van der Waals surface area contributed by atoms with E-state index in [2.05, 4.69) is 5.32 Å². The highest BCUT2D eigenvalue weighted by atomic mass is 19.4. The van der Waals surface area contributed by atoms with Crippen molar-refractivity contribution in [3.8, 4) is 5.75 Å². The first kappa shape index (κ1) is 36.8. The number of aliphatic hydroxyl groups is 1. The molecule has 0 spiro atoms. The van der Waals surface area contributed by atoms with Crippen LogP contribution in [-0.2, 0) is 27.1 Å². The maximum Gasteiger partial charge on any atom is 0.430 e. The van der Waals surface area contributed by atoms with Crippen molar-refractivity contribution in [2.24, 2.45) is 0 Å². The molecule has 2 heterocycles. The van der Waals surface area contributed by atoms with E-state index in [9.17, 15) is 45.8 Å². The zero-order chi connectivity index (χ0) is 36.0. The van der Waals surface area contributed by atoms with Gasteiger partial charge in [-0.25, -0.2) is 4.79 Å². The van der Waals surface area contributed by atoms with Crippen LogP contribution in [0.1, 0.15) is 64.7 Å². The summed E-state index contributed by atoms with van der Waals surface area (Å²) in [5.41, 5.74) is -6.79. The zero-order valence-corrected chi connectivity index (χ0v) is 27.5. The largest absolute Gasteiger partial charge is 0.491 e. The molecule has 0 radical (unpaired) electrons. The van der Waals surface area contributed by atoms with E-state index < -0.39 is 65.5 Å². The Kier molecular flexibility index (Phi) is 10.1. The molecule has 9 nitrogen and oxygen atoms in total. The Bertz CT molecular complexity index is 1530. The van der Waals surface area contributed by atoms with Gasteiger partial charge in [0.05, 0.1) is 6.10 Å². The summed E-state index contributed by atoms with van der Waals surface area (Å²) in [5.74, 6) is -0.624. The topological polar surface area (TPSA) is 102 Å². The molecular formula is C33H40F6N4O5. The smallest absolute Gasteiger partial charge is 0.430 e. The molecule has 264 valence electrons. The molecule has 2 aliphatic rings. The number of piperazine rings is 1. The van der Waals surface area contributed by atoms with Gasteiger partial charge in [0.15, 0.2) is 0 Å². The third-order valence-electron chi connectivity index (χ3n) is 8.80. The monoisotopic (exact) mass is 686 g/mol. The van der Waals surface area contributed by atoms with Gasteiger partial charge < -0.3 is 25.0 Å². The number of urea groups is 1. The molecule has 2 unspecified atom stereocenters. The van der Waals surface area contributed by atoms with Crippen LogP contribution in [0.3, 0.4) is 0 Å². The Morgan fingerprint density at radius 3 is 2.25 bits per heavy atom. The van der Waals surface area contributed by atoms with Crippen LogP contribution in [0.15, 0.2) is 42.5 Å². The lowest BCUT2D eigenvalue weighted by Crippen LogP contribution is -2.60. The van der Waals surface area contributed by atoms with E-state index >= 15 is 0 Å². The number of ether oxygens (including phenoxy) is 1. The number of aryl methyl sites for hydroxylation is 1. The molecule has 2 N–H and O–H groups in total. The standard InChI is InChI=1S/C33H40F6N4O5/c1-7-9-22-14-24(31(47,32(34,35)36)33(37,38)39)12-13-26(22)41-16-21(5)42(17-20(41)4)27(44)18-43-28(45)30(6,40-29(43)46)23-10-8-11-25(15-23)48-19(2)3/h8,10-15,19-21,47H,7,9,16-18H2,1-6H3,(H,40,46)/t20?,21?,30-/m0/s1. The maximum atomic E-state index is 13.6. The third kappa shape index (κ3) is 6.65. The molecule has 48 heavy (non-hydrogen) atoms. The summed E-state index contributed by atoms with van der Waals surface area (Å²) in [4.78, 5) is 44.2. The van der Waals surface area contributed by atoms with Gasteiger partial charge in [0.1, 0.15) is 17.8 Å². The number of benzene rings is 2. The highest BCUT2D eigenvalue weighted by molar-refractivity contribution is 6.09. The number of carbonyl (C=O) groups excluding carboxylic acids is 3. The Morgan fingerprint density at radius 2 is 1.67 bits per heavy atom. The average Bonchev–Trinajstić information content (AvgIpc) is 3.20. The van der Waals surface area contributed by atoms with E-state index in [0.717, 1.165) is 17.0 Å². The lowest BCUT2D eigenvalue weighted by Gasteiger charge is -2.46. The van der Waals surface area contributed by atoms with E-state index in [4.69, 9.17) is 4.74 Å². The minimum Gasteiger partial charge on any atom is -0.491 e. The van der Waals surface area contributed by atoms with Gasteiger partial charge in [-0.05, 0) is 70.4 Å². The molecule has 3 atom stereocenters. The van der Waals surface area contributed by atoms with E-state index in [-0.39, 0.29) is 31.2 Å². The first-order valence-electron chi connectivity index (χ1n) is 15.6. The molecule has 15 heteroatoms. The number of rotatable bonds is 9. The average molecular weight is 687 g/mol. The normalized spacial score (nSPS) is 22.4. The maximum absolute atomic E-state index is 13.6. The van der Waals surface area contributed by atoms with Crippen molar-refractivity contribution in [2.45, 2.75) is 96.1 Å². The molecule has 0 aliphatic carbocycles. The molecule has 2 aromatic rings. The lowest BCUT2D eigenvalue weighted by molar-refractivity contribution is -0.376. The van der Waals surface area contributed by atoms with Gasteiger partial charge in [0, 0.05) is 36.4 Å². The van der Waals surface area contributed by atoms with Crippen LogP contribution >= 0.6 is 0 Å². The summed E-state index contributed by atoms with van der Waals surface area (Å²) in [5, 5.41) is 12.6. The molecule has 2 saturated heterocycles. The quantitative estimate of drug-likeness (QED) is 0.262. The zero-order valence-electron chi connectivity index (χ0n) is 27.5. The van der Waals surface area contributed by atoms with Crippen molar-refractivity contribution in [3.05, 3.63) is 59.2 Å². The summed E-state index contributed by atoms with van der Waals surface area (Å²) in [6.07, 6.45) is -11.6. The number of nitrogens with zero attached hydrogens (tertiary/aromatic N) is 3. The molecule has 0 bridgehead atoms. The van der Waals surface area contributed by atoms with E-state index in [1.165, 1.54) is 4.90 Å². The molecule has 4 rings (SSSR count). The third-order valence-corrected chi connectivity index (χ3v) is 8.80. The highest BCUT2D eigenvalue weighted by Crippen LogP contribution is 2.50. The number of imide groups is 1. The van der Waals surface area contributed by atoms with Crippen molar-refractivity contribution in [3.63, 3.8) is 0 Å². The van der Waals surface area contributed by atoms with Gasteiger partial charge in [-0.3, -0.25) is 14.5 Å². The highest BCUT2D eigenvalue weighted by Gasteiger charge is 2.71. The van der Waals surface area contributed by atoms with E-state index in [0.29, 0.717) is 29.5 Å². The fraction of sp³-hybridized carbons (Fsp3) is 0.545. The van der Waals surface area contributed by atoms with Gasteiger partial charge in [0.2, 0.25) is 5.91 Å². The van der Waals surface area contributed by atoms with Crippen LogP contribution in [0.5, 0.6) is 5.75 Å². The van der Waals surface area contributed by atoms with Crippen LogP contribution in [0.2, 0.25) is 0 Å². The van der Waals surface area contributed by atoms with Crippen molar-refractivity contribution < 1.29 is 50.6 Å². The van der Waals surface area contributed by atoms with Crippen molar-refractivity contribution in [1.82, 2.24) is 15.1 Å². The van der Waals surface area contributed by atoms with Crippen molar-refractivity contribution >= 4 is 23.5 Å². The fourth-order valence-corrected chi connectivity index (χ4v) is 6.27. The first-order chi connectivity index (χ1) is 22.1. The molecule has 2 aliphatic heterocycles. The van der Waals surface area contributed by atoms with E-state index in [1.54, 1.807) is 56.9 Å². The minimum atomic E-state index is -6.01. The second-order valence-corrected chi connectivity index (χ2v) is 12.8. The summed E-state index contributed by atoms with van der Waals surface area (Å²) < 4.78 is 87.3. The summed E-state index contributed by atoms with van der Waals surface area (Å²) in [6.45, 7) is 10.1. The fourth-order valence-electron chi connectivity index (χ4n) is 6.27. The van der Waals surface area contributed by atoms with Crippen molar-refractivity contribution in [2.75, 3.05) is 24.5 Å². The summed E-state index contributed by atoms with van der Waals surface area (Å²) in [6, 6.07) is 7.55. The van der Waals surface area contributed by atoms with E-state index in [1.807, 2.05) is 13.8 Å². The van der Waals surface area contributed by atoms with Crippen LogP contribution in [0, 0.1) is 0 Å². The number of hydrogen-bond acceptors (Lipinski definition) is 6. The number of carbonyl (C=O) groups is 3. The summed E-state index contributed by atoms with van der Waals surface area (Å²) >= 11 is 0. The molecule has 2 aromatic carbocycles. The Hall–Kier alpha value is -4.01. The first-order valence-corrected chi connectivity index (χ1v) is 15.6. The van der Waals surface area contributed by atoms with Crippen LogP contribution in [0.4, 0.5) is 36.8 Å². The predicted molar refractivity (Wildman–Crippen MR) is 164 cm³/mol. The number of halogens is 6. The molecule has 2 fully saturated rings. The van der Waals surface area contributed by atoms with Gasteiger partial charge in [-0.2, -0.15) is 26.3 Å². The number of hydrogen-bond donors (Lipinski definition) is 2. The number of amides is 4. The second kappa shape index (κ2) is 13.1. The van der Waals surface area contributed by atoms with Crippen LogP contribution in [0.25, 0.3) is 0 Å². The van der Waals surface area contributed by atoms with Gasteiger partial charge in [-0.15, -0.1) is 0 Å². The SMILES string of the molecule is CCCc1cc(C(O)(C(F)(F)F)C(F)(F)F)ccc1N1CC(C)N(C(=O)CN2C(=O)N[C@@](C)(c3cccc(OC(C)C)c3)C2=O)CC1C. The molecule has 0 aromatic heterocycles. The minimum absolute atomic E-state index is 0.0951. The van der Waals surface area contributed by atoms with Gasteiger partial charge in [-0.1, -0.05) is 37.6 Å². The van der Waals surface area contributed by atoms with Gasteiger partial charge in [0.25, 0.3) is 11.5 Å².